The second-order valence-electron chi connectivity index (χ2n) is 5.66. The summed E-state index contributed by atoms with van der Waals surface area (Å²) in [6, 6.07) is 10.3. The molecule has 0 saturated heterocycles. The Morgan fingerprint density at radius 3 is 2.65 bits per heavy atom. The van der Waals surface area contributed by atoms with Crippen LogP contribution in [0.2, 0.25) is 10.0 Å². The number of nitrogens with one attached hydrogen (secondary N) is 1. The maximum atomic E-state index is 12.0. The van der Waals surface area contributed by atoms with Gasteiger partial charge < -0.3 is 10.1 Å². The van der Waals surface area contributed by atoms with Crippen molar-refractivity contribution in [2.45, 2.75) is 13.8 Å². The summed E-state index contributed by atoms with van der Waals surface area (Å²) in [6.07, 6.45) is 1.57. The van der Waals surface area contributed by atoms with Gasteiger partial charge in [0.15, 0.2) is 12.4 Å². The van der Waals surface area contributed by atoms with Crippen molar-refractivity contribution in [1.29, 1.82) is 0 Å². The molecular formula is C18H16Cl2N4O2. The van der Waals surface area contributed by atoms with E-state index in [1.54, 1.807) is 41.2 Å². The second-order valence-corrected chi connectivity index (χ2v) is 6.50. The van der Waals surface area contributed by atoms with Crippen LogP contribution in [0.25, 0.3) is 5.82 Å². The van der Waals surface area contributed by atoms with Crippen LogP contribution in [0, 0.1) is 13.8 Å². The van der Waals surface area contributed by atoms with Crippen LogP contribution in [0.5, 0.6) is 5.75 Å². The number of amides is 1. The van der Waals surface area contributed by atoms with Crippen molar-refractivity contribution in [3.8, 4) is 11.6 Å². The van der Waals surface area contributed by atoms with Crippen molar-refractivity contribution in [3.05, 3.63) is 64.0 Å². The van der Waals surface area contributed by atoms with E-state index in [-0.39, 0.29) is 12.5 Å². The van der Waals surface area contributed by atoms with Gasteiger partial charge in [0.05, 0.1) is 22.6 Å². The van der Waals surface area contributed by atoms with Crippen molar-refractivity contribution >= 4 is 34.8 Å². The Morgan fingerprint density at radius 2 is 2.00 bits per heavy atom. The average Bonchev–Trinajstić information content (AvgIpc) is 2.95. The number of pyridine rings is 1. The van der Waals surface area contributed by atoms with Gasteiger partial charge in [-0.3, -0.25) is 4.79 Å². The lowest BCUT2D eigenvalue weighted by atomic mass is 10.3. The number of anilines is 1. The van der Waals surface area contributed by atoms with E-state index in [1.165, 1.54) is 0 Å². The van der Waals surface area contributed by atoms with Crippen LogP contribution in [0.15, 0.2) is 42.6 Å². The van der Waals surface area contributed by atoms with E-state index in [1.807, 2.05) is 19.9 Å². The zero-order valence-electron chi connectivity index (χ0n) is 14.2. The van der Waals surface area contributed by atoms with Crippen LogP contribution in [-0.2, 0) is 4.79 Å². The standard InChI is InChI=1S/C18H16Cl2N4O2/c1-11-7-12(2)24(23-11)17-6-4-14(9-21-17)22-18(25)10-26-16-8-13(19)3-5-15(16)20/h3-9H,10H2,1-2H3,(H,22,25). The molecule has 0 unspecified atom stereocenters. The third kappa shape index (κ3) is 4.33. The molecule has 0 atom stereocenters. The lowest BCUT2D eigenvalue weighted by Gasteiger charge is -2.09. The molecule has 8 heteroatoms. The molecule has 1 N–H and O–H groups in total. The summed E-state index contributed by atoms with van der Waals surface area (Å²) < 4.78 is 7.14. The number of rotatable bonds is 5. The van der Waals surface area contributed by atoms with Gasteiger partial charge in [-0.2, -0.15) is 5.10 Å². The zero-order valence-corrected chi connectivity index (χ0v) is 15.7. The highest BCUT2D eigenvalue weighted by atomic mass is 35.5. The number of carbonyl (C=O) groups excluding carboxylic acids is 1. The molecule has 0 bridgehead atoms. The molecule has 0 fully saturated rings. The topological polar surface area (TPSA) is 69.0 Å². The van der Waals surface area contributed by atoms with Crippen molar-refractivity contribution in [3.63, 3.8) is 0 Å². The molecule has 2 aromatic heterocycles. The van der Waals surface area contributed by atoms with Gasteiger partial charge in [0.2, 0.25) is 0 Å². The Hall–Kier alpha value is -2.57. The maximum Gasteiger partial charge on any atom is 0.262 e. The molecule has 3 rings (SSSR count). The lowest BCUT2D eigenvalue weighted by molar-refractivity contribution is -0.118. The first-order chi connectivity index (χ1) is 12.4. The van der Waals surface area contributed by atoms with Gasteiger partial charge in [0, 0.05) is 16.8 Å². The van der Waals surface area contributed by atoms with Gasteiger partial charge in [0.25, 0.3) is 5.91 Å². The summed E-state index contributed by atoms with van der Waals surface area (Å²) in [5.41, 5.74) is 2.46. The summed E-state index contributed by atoms with van der Waals surface area (Å²) in [6.45, 7) is 3.68. The number of nitrogens with zero attached hydrogens (tertiary/aromatic N) is 3. The molecule has 6 nitrogen and oxygen atoms in total. The van der Waals surface area contributed by atoms with Crippen LogP contribution in [0.3, 0.4) is 0 Å². The minimum absolute atomic E-state index is 0.195. The third-order valence-electron chi connectivity index (χ3n) is 3.51. The van der Waals surface area contributed by atoms with E-state index in [4.69, 9.17) is 27.9 Å². The van der Waals surface area contributed by atoms with Crippen LogP contribution < -0.4 is 10.1 Å². The fourth-order valence-electron chi connectivity index (χ4n) is 2.37. The molecule has 26 heavy (non-hydrogen) atoms. The van der Waals surface area contributed by atoms with Gasteiger partial charge >= 0.3 is 0 Å². The minimum Gasteiger partial charge on any atom is -0.482 e. The summed E-state index contributed by atoms with van der Waals surface area (Å²) in [7, 11) is 0. The Labute approximate surface area is 160 Å². The Kier molecular flexibility index (Phi) is 5.44. The highest BCUT2D eigenvalue weighted by molar-refractivity contribution is 6.34. The summed E-state index contributed by atoms with van der Waals surface area (Å²) in [4.78, 5) is 16.4. The fraction of sp³-hybridized carbons (Fsp3) is 0.167. The molecular weight excluding hydrogens is 375 g/mol. The van der Waals surface area contributed by atoms with E-state index < -0.39 is 0 Å². The van der Waals surface area contributed by atoms with Crippen LogP contribution >= 0.6 is 23.2 Å². The molecule has 3 aromatic rings. The van der Waals surface area contributed by atoms with E-state index in [2.05, 4.69) is 15.4 Å². The largest absolute Gasteiger partial charge is 0.482 e. The van der Waals surface area contributed by atoms with Gasteiger partial charge in [-0.1, -0.05) is 23.2 Å². The molecule has 2 heterocycles. The minimum atomic E-state index is -0.332. The quantitative estimate of drug-likeness (QED) is 0.708. The van der Waals surface area contributed by atoms with Crippen LogP contribution in [-0.4, -0.2) is 27.3 Å². The first-order valence-electron chi connectivity index (χ1n) is 7.80. The van der Waals surface area contributed by atoms with E-state index in [0.717, 1.165) is 11.4 Å². The Bertz CT molecular complexity index is 939. The number of ether oxygens (including phenoxy) is 1. The first-order valence-corrected chi connectivity index (χ1v) is 8.55. The molecule has 0 aliphatic rings. The lowest BCUT2D eigenvalue weighted by Crippen LogP contribution is -2.20. The highest BCUT2D eigenvalue weighted by Crippen LogP contribution is 2.27. The summed E-state index contributed by atoms with van der Waals surface area (Å²) in [5.74, 6) is 0.699. The number of aryl methyl sites for hydroxylation is 2. The monoisotopic (exact) mass is 390 g/mol. The molecule has 134 valence electrons. The molecule has 0 aliphatic carbocycles. The molecule has 0 spiro atoms. The maximum absolute atomic E-state index is 12.0. The third-order valence-corrected chi connectivity index (χ3v) is 4.06. The SMILES string of the molecule is Cc1cc(C)n(-c2ccc(NC(=O)COc3cc(Cl)ccc3Cl)cn2)n1. The van der Waals surface area contributed by atoms with E-state index >= 15 is 0 Å². The van der Waals surface area contributed by atoms with Crippen molar-refractivity contribution in [2.24, 2.45) is 0 Å². The fourth-order valence-corrected chi connectivity index (χ4v) is 2.71. The number of benzene rings is 1. The molecule has 0 radical (unpaired) electrons. The summed E-state index contributed by atoms with van der Waals surface area (Å²) >= 11 is 11.9. The molecule has 0 aliphatic heterocycles. The van der Waals surface area contributed by atoms with Crippen molar-refractivity contribution in [1.82, 2.24) is 14.8 Å². The zero-order chi connectivity index (χ0) is 18.7. The predicted molar refractivity (Wildman–Crippen MR) is 101 cm³/mol. The molecule has 0 saturated carbocycles. The number of carbonyl (C=O) groups is 1. The van der Waals surface area contributed by atoms with Gasteiger partial charge in [-0.15, -0.1) is 0 Å². The Balaban J connectivity index is 1.61. The summed E-state index contributed by atoms with van der Waals surface area (Å²) in [5, 5.41) is 7.95. The first kappa shape index (κ1) is 18.2. The molecule has 1 amide bonds. The van der Waals surface area contributed by atoms with Crippen LogP contribution in [0.4, 0.5) is 5.69 Å². The average molecular weight is 391 g/mol. The van der Waals surface area contributed by atoms with Crippen LogP contribution in [0.1, 0.15) is 11.4 Å². The number of aromatic nitrogens is 3. The highest BCUT2D eigenvalue weighted by Gasteiger charge is 2.09. The number of hydrogen-bond donors (Lipinski definition) is 1. The number of hydrogen-bond acceptors (Lipinski definition) is 4. The van der Waals surface area contributed by atoms with Crippen molar-refractivity contribution in [2.75, 3.05) is 11.9 Å². The van der Waals surface area contributed by atoms with E-state index in [9.17, 15) is 4.79 Å². The Morgan fingerprint density at radius 1 is 1.19 bits per heavy atom. The number of halogens is 2. The predicted octanol–water partition coefficient (Wildman–Crippen LogP) is 4.21. The molecule has 1 aromatic carbocycles. The smallest absolute Gasteiger partial charge is 0.262 e. The van der Waals surface area contributed by atoms with E-state index in [0.29, 0.717) is 27.3 Å². The normalized spacial score (nSPS) is 10.6. The van der Waals surface area contributed by atoms with Gasteiger partial charge in [-0.25, -0.2) is 9.67 Å². The van der Waals surface area contributed by atoms with Crippen molar-refractivity contribution < 1.29 is 9.53 Å². The second kappa shape index (κ2) is 7.76. The van der Waals surface area contributed by atoms with Gasteiger partial charge in [0.1, 0.15) is 5.75 Å². The van der Waals surface area contributed by atoms with Gasteiger partial charge in [-0.05, 0) is 44.2 Å².